The topological polar surface area (TPSA) is 92.3 Å². The molecule has 0 aliphatic carbocycles. The molecule has 0 aliphatic heterocycles. The maximum atomic E-state index is 13.3. The molecule has 0 saturated carbocycles. The molecule has 252 valence electrons. The molecule has 0 fully saturated rings. The molecule has 48 heavy (non-hydrogen) atoms. The first-order valence-corrected chi connectivity index (χ1v) is 14.4. The molecule has 0 spiro atoms. The first-order valence-electron chi connectivity index (χ1n) is 14.0. The van der Waals surface area contributed by atoms with Gasteiger partial charge in [0.25, 0.3) is 11.6 Å². The van der Waals surface area contributed by atoms with Gasteiger partial charge >= 0.3 is 12.4 Å². The smallest absolute Gasteiger partial charge is 0.325 e. The molecule has 0 unspecified atom stereocenters. The third-order valence-corrected chi connectivity index (χ3v) is 6.81. The van der Waals surface area contributed by atoms with Crippen LogP contribution < -0.4 is 10.6 Å². The summed E-state index contributed by atoms with van der Waals surface area (Å²) in [5.41, 5.74) is -0.487. The molecule has 14 heteroatoms. The van der Waals surface area contributed by atoms with Crippen molar-refractivity contribution in [2.45, 2.75) is 38.0 Å². The van der Waals surface area contributed by atoms with Crippen molar-refractivity contribution < 1.29 is 49.9 Å². The third-order valence-electron chi connectivity index (χ3n) is 6.50. The van der Waals surface area contributed by atoms with Crippen molar-refractivity contribution in [3.63, 3.8) is 0 Å². The Hall–Kier alpha value is -5.04. The van der Waals surface area contributed by atoms with Gasteiger partial charge in [-0.1, -0.05) is 78.3 Å². The lowest BCUT2D eigenvalue weighted by Gasteiger charge is -2.13. The number of anilines is 2. The molecule has 0 radical (unpaired) electrons. The number of alkyl halides is 6. The molecule has 0 saturated heterocycles. The van der Waals surface area contributed by atoms with Gasteiger partial charge in [0.05, 0.1) is 27.5 Å². The number of halogens is 8. The zero-order chi connectivity index (χ0) is 35.5. The Bertz CT molecular complexity index is 1690. The van der Waals surface area contributed by atoms with Gasteiger partial charge in [-0.25, -0.2) is 4.39 Å². The van der Waals surface area contributed by atoms with Crippen LogP contribution in [-0.4, -0.2) is 35.7 Å². The Morgan fingerprint density at radius 3 is 1.54 bits per heavy atom. The average Bonchev–Trinajstić information content (AvgIpc) is 3.03. The van der Waals surface area contributed by atoms with Crippen molar-refractivity contribution >= 4 is 46.4 Å². The summed E-state index contributed by atoms with van der Waals surface area (Å²) in [6.07, 6.45) is -9.34. The van der Waals surface area contributed by atoms with Crippen molar-refractivity contribution in [3.05, 3.63) is 130 Å². The normalized spacial score (nSPS) is 11.2. The van der Waals surface area contributed by atoms with Crippen molar-refractivity contribution in [1.29, 1.82) is 0 Å². The Labute approximate surface area is 274 Å². The van der Waals surface area contributed by atoms with Gasteiger partial charge in [0.1, 0.15) is 5.82 Å². The molecule has 2 amide bonds. The van der Waals surface area contributed by atoms with Crippen LogP contribution in [0.3, 0.4) is 0 Å². The van der Waals surface area contributed by atoms with Crippen LogP contribution in [0.2, 0.25) is 5.02 Å². The van der Waals surface area contributed by atoms with E-state index in [2.05, 4.69) is 10.6 Å². The maximum absolute atomic E-state index is 13.3. The van der Waals surface area contributed by atoms with Gasteiger partial charge in [-0.05, 0) is 54.3 Å². The Morgan fingerprint density at radius 2 is 1.06 bits per heavy atom. The number of rotatable bonds is 10. The number of Topliss-reactive ketones (excluding diaryl/α,β-unsaturated/α-hetero) is 2. The average molecular weight is 695 g/mol. The molecule has 0 atom stereocenters. The quantitative estimate of drug-likeness (QED) is 0.128. The molecule has 4 rings (SSSR count). The minimum absolute atomic E-state index is 0.0137. The van der Waals surface area contributed by atoms with E-state index in [-0.39, 0.29) is 23.6 Å². The van der Waals surface area contributed by atoms with Gasteiger partial charge in [-0.3, -0.25) is 19.2 Å². The second-order valence-corrected chi connectivity index (χ2v) is 10.5. The SMILES string of the molecule is O=C(CCc1ccccc1)Nc1cc(F)ccc1C(=O)C(F)(F)F.O=C(CCc1ccccc1)Nc1cccc(Cl)c1C(=O)C(F)(F)F. The summed E-state index contributed by atoms with van der Waals surface area (Å²) in [6, 6.07) is 24.0. The lowest BCUT2D eigenvalue weighted by atomic mass is 10.1. The summed E-state index contributed by atoms with van der Waals surface area (Å²) < 4.78 is 89.0. The Morgan fingerprint density at radius 1 is 0.583 bits per heavy atom. The van der Waals surface area contributed by atoms with E-state index in [1.165, 1.54) is 18.2 Å². The fourth-order valence-electron chi connectivity index (χ4n) is 4.20. The number of ketones is 2. The predicted molar refractivity (Wildman–Crippen MR) is 165 cm³/mol. The van der Waals surface area contributed by atoms with Crippen LogP contribution in [0, 0.1) is 5.82 Å². The van der Waals surface area contributed by atoms with Gasteiger partial charge < -0.3 is 10.6 Å². The van der Waals surface area contributed by atoms with E-state index < -0.39 is 58.4 Å². The summed E-state index contributed by atoms with van der Waals surface area (Å²) in [5.74, 6) is -6.20. The number of carbonyl (C=O) groups is 4. The highest BCUT2D eigenvalue weighted by Crippen LogP contribution is 2.32. The van der Waals surface area contributed by atoms with E-state index in [4.69, 9.17) is 11.6 Å². The fourth-order valence-corrected chi connectivity index (χ4v) is 4.46. The first-order chi connectivity index (χ1) is 22.6. The lowest BCUT2D eigenvalue weighted by Crippen LogP contribution is -2.25. The molecule has 2 N–H and O–H groups in total. The molecule has 0 heterocycles. The number of hydrogen-bond donors (Lipinski definition) is 2. The number of benzene rings is 4. The number of aryl methyl sites for hydroxylation is 2. The number of amides is 2. The summed E-state index contributed by atoms with van der Waals surface area (Å²) in [5, 5.41) is 4.14. The number of hydrogen-bond acceptors (Lipinski definition) is 4. The van der Waals surface area contributed by atoms with Crippen molar-refractivity contribution in [1.82, 2.24) is 0 Å². The van der Waals surface area contributed by atoms with Crippen LogP contribution in [-0.2, 0) is 22.4 Å². The summed E-state index contributed by atoms with van der Waals surface area (Å²) >= 11 is 5.71. The zero-order valence-electron chi connectivity index (χ0n) is 24.7. The highest BCUT2D eigenvalue weighted by Gasteiger charge is 2.42. The minimum atomic E-state index is -5.11. The first kappa shape index (κ1) is 37.4. The molecule has 6 nitrogen and oxygen atoms in total. The van der Waals surface area contributed by atoms with Gasteiger partial charge in [0.15, 0.2) is 0 Å². The highest BCUT2D eigenvalue weighted by molar-refractivity contribution is 6.35. The summed E-state index contributed by atoms with van der Waals surface area (Å²) in [6.45, 7) is 0. The van der Waals surface area contributed by atoms with Gasteiger partial charge in [-0.15, -0.1) is 0 Å². The van der Waals surface area contributed by atoms with Crippen LogP contribution in [0.15, 0.2) is 97.1 Å². The monoisotopic (exact) mass is 694 g/mol. The molecule has 0 bridgehead atoms. The largest absolute Gasteiger partial charge is 0.455 e. The maximum Gasteiger partial charge on any atom is 0.455 e. The summed E-state index contributed by atoms with van der Waals surface area (Å²) in [7, 11) is 0. The van der Waals surface area contributed by atoms with Crippen LogP contribution in [0.1, 0.15) is 44.7 Å². The molecule has 0 aromatic heterocycles. The van der Waals surface area contributed by atoms with E-state index >= 15 is 0 Å². The second kappa shape index (κ2) is 16.7. The zero-order valence-corrected chi connectivity index (χ0v) is 25.5. The van der Waals surface area contributed by atoms with Crippen LogP contribution in [0.25, 0.3) is 0 Å². The van der Waals surface area contributed by atoms with E-state index in [1.807, 2.05) is 36.4 Å². The predicted octanol–water partition coefficient (Wildman–Crippen LogP) is 8.80. The highest BCUT2D eigenvalue weighted by atomic mass is 35.5. The minimum Gasteiger partial charge on any atom is -0.325 e. The van der Waals surface area contributed by atoms with Gasteiger partial charge in [0, 0.05) is 12.8 Å². The molecular formula is C34H26ClF7N2O4. The third kappa shape index (κ3) is 11.3. The fraction of sp³-hybridized carbons (Fsp3) is 0.176. The van der Waals surface area contributed by atoms with E-state index in [1.54, 1.807) is 24.3 Å². The van der Waals surface area contributed by atoms with E-state index in [0.717, 1.165) is 17.2 Å². The summed E-state index contributed by atoms with van der Waals surface area (Å²) in [4.78, 5) is 46.7. The van der Waals surface area contributed by atoms with Crippen LogP contribution in [0.4, 0.5) is 42.1 Å². The standard InChI is InChI=1S/C17H13ClF3NO2.C17H13F4NO2/c18-12-7-4-8-13(15(12)16(24)17(19,20)21)22-14(23)10-9-11-5-2-1-3-6-11;18-12-7-8-13(16(24)17(19,20)21)14(10-12)22-15(23)9-6-11-4-2-1-3-5-11/h1-8H,9-10H2,(H,22,23);1-5,7-8,10H,6,9H2,(H,22,23). The van der Waals surface area contributed by atoms with Crippen molar-refractivity contribution in [2.24, 2.45) is 0 Å². The Balaban J connectivity index is 0.000000260. The van der Waals surface area contributed by atoms with Gasteiger partial charge in [-0.2, -0.15) is 26.3 Å². The molecule has 4 aromatic carbocycles. The van der Waals surface area contributed by atoms with Gasteiger partial charge in [0.2, 0.25) is 11.8 Å². The van der Waals surface area contributed by atoms with E-state index in [9.17, 15) is 49.9 Å². The van der Waals surface area contributed by atoms with Crippen molar-refractivity contribution in [2.75, 3.05) is 10.6 Å². The van der Waals surface area contributed by atoms with Crippen LogP contribution in [0.5, 0.6) is 0 Å². The Kier molecular flexibility index (Phi) is 13.0. The lowest BCUT2D eigenvalue weighted by molar-refractivity contribution is -0.117. The van der Waals surface area contributed by atoms with Crippen molar-refractivity contribution in [3.8, 4) is 0 Å². The number of nitrogens with one attached hydrogen (secondary N) is 2. The second-order valence-electron chi connectivity index (χ2n) is 10.1. The molecule has 4 aromatic rings. The molecule has 0 aliphatic rings. The van der Waals surface area contributed by atoms with Crippen LogP contribution >= 0.6 is 11.6 Å². The van der Waals surface area contributed by atoms with E-state index in [0.29, 0.717) is 25.0 Å². The number of carbonyl (C=O) groups excluding carboxylic acids is 4. The molecular weight excluding hydrogens is 669 g/mol.